The molecule has 4 rings (SSSR count). The summed E-state index contributed by atoms with van der Waals surface area (Å²) < 4.78 is 17.0. The van der Waals surface area contributed by atoms with E-state index in [9.17, 15) is 4.79 Å². The van der Waals surface area contributed by atoms with Crippen LogP contribution in [0.1, 0.15) is 43.7 Å². The number of aromatic nitrogens is 2. The SMILES string of the molecule is CC1CN(C(=O)Cc2noc(C3CCc4ccccc4O3)n2)CC(C)O1. The second kappa shape index (κ2) is 7.07. The van der Waals surface area contributed by atoms with Gasteiger partial charge in [0.15, 0.2) is 11.9 Å². The highest BCUT2D eigenvalue weighted by Crippen LogP contribution is 2.33. The van der Waals surface area contributed by atoms with Crippen molar-refractivity contribution in [1.82, 2.24) is 15.0 Å². The molecule has 1 aromatic heterocycles. The maximum Gasteiger partial charge on any atom is 0.267 e. The van der Waals surface area contributed by atoms with Crippen LogP contribution in [-0.2, 0) is 22.4 Å². The van der Waals surface area contributed by atoms with Crippen LogP contribution >= 0.6 is 0 Å². The number of hydrogen-bond donors (Lipinski definition) is 0. The summed E-state index contributed by atoms with van der Waals surface area (Å²) in [6.45, 7) is 5.13. The van der Waals surface area contributed by atoms with Gasteiger partial charge in [-0.05, 0) is 38.3 Å². The van der Waals surface area contributed by atoms with Crippen molar-refractivity contribution >= 4 is 5.91 Å². The smallest absolute Gasteiger partial charge is 0.267 e. The molecule has 0 saturated carbocycles. The molecule has 7 nitrogen and oxygen atoms in total. The fraction of sp³-hybridized carbons (Fsp3) is 0.526. The third kappa shape index (κ3) is 3.58. The lowest BCUT2D eigenvalue weighted by Gasteiger charge is -2.35. The molecule has 2 aromatic rings. The molecule has 26 heavy (non-hydrogen) atoms. The zero-order valence-corrected chi connectivity index (χ0v) is 15.1. The molecule has 1 fully saturated rings. The number of amides is 1. The van der Waals surface area contributed by atoms with E-state index >= 15 is 0 Å². The molecule has 7 heteroatoms. The largest absolute Gasteiger partial charge is 0.480 e. The highest BCUT2D eigenvalue weighted by molar-refractivity contribution is 5.78. The first kappa shape index (κ1) is 17.0. The van der Waals surface area contributed by atoms with E-state index in [0.717, 1.165) is 18.6 Å². The van der Waals surface area contributed by atoms with Crippen LogP contribution in [0.15, 0.2) is 28.8 Å². The van der Waals surface area contributed by atoms with Gasteiger partial charge in [0, 0.05) is 13.1 Å². The standard InChI is InChI=1S/C19H23N3O4/c1-12-10-22(11-13(2)24-12)18(23)9-17-20-19(26-21-17)16-8-7-14-5-3-4-6-15(14)25-16/h3-6,12-13,16H,7-11H2,1-2H3. The first-order valence-corrected chi connectivity index (χ1v) is 9.09. The number of para-hydroxylation sites is 1. The number of carbonyl (C=O) groups excluding carboxylic acids is 1. The van der Waals surface area contributed by atoms with E-state index < -0.39 is 0 Å². The van der Waals surface area contributed by atoms with Crippen LogP contribution in [0.4, 0.5) is 0 Å². The zero-order chi connectivity index (χ0) is 18.1. The molecule has 3 heterocycles. The topological polar surface area (TPSA) is 77.7 Å². The van der Waals surface area contributed by atoms with Crippen LogP contribution in [-0.4, -0.2) is 46.2 Å². The fourth-order valence-corrected chi connectivity index (χ4v) is 3.60. The Kier molecular flexibility index (Phi) is 4.63. The van der Waals surface area contributed by atoms with E-state index in [1.807, 2.05) is 36.9 Å². The number of hydrogen-bond acceptors (Lipinski definition) is 6. The van der Waals surface area contributed by atoms with Gasteiger partial charge in [0.1, 0.15) is 5.75 Å². The lowest BCUT2D eigenvalue weighted by atomic mass is 10.0. The Balaban J connectivity index is 1.40. The number of carbonyl (C=O) groups is 1. The number of ether oxygens (including phenoxy) is 2. The Labute approximate surface area is 152 Å². The van der Waals surface area contributed by atoms with Gasteiger partial charge in [-0.25, -0.2) is 0 Å². The third-order valence-electron chi connectivity index (χ3n) is 4.76. The summed E-state index contributed by atoms with van der Waals surface area (Å²) in [4.78, 5) is 18.7. The minimum atomic E-state index is -0.260. The van der Waals surface area contributed by atoms with Crippen LogP contribution in [0, 0.1) is 0 Å². The van der Waals surface area contributed by atoms with Crippen molar-refractivity contribution in [3.05, 3.63) is 41.5 Å². The van der Waals surface area contributed by atoms with Crippen molar-refractivity contribution in [2.75, 3.05) is 13.1 Å². The average Bonchev–Trinajstić information content (AvgIpc) is 3.09. The normalized spacial score (nSPS) is 25.5. The van der Waals surface area contributed by atoms with E-state index in [-0.39, 0.29) is 30.6 Å². The van der Waals surface area contributed by atoms with Gasteiger partial charge in [-0.1, -0.05) is 23.4 Å². The molecule has 0 bridgehead atoms. The molecule has 1 aromatic carbocycles. The molecular formula is C19H23N3O4. The van der Waals surface area contributed by atoms with Gasteiger partial charge in [-0.15, -0.1) is 0 Å². The lowest BCUT2D eigenvalue weighted by Crippen LogP contribution is -2.48. The highest BCUT2D eigenvalue weighted by Gasteiger charge is 2.29. The van der Waals surface area contributed by atoms with Crippen molar-refractivity contribution in [3.8, 4) is 5.75 Å². The predicted molar refractivity (Wildman–Crippen MR) is 92.7 cm³/mol. The van der Waals surface area contributed by atoms with Gasteiger partial charge >= 0.3 is 0 Å². The molecular weight excluding hydrogens is 334 g/mol. The number of aryl methyl sites for hydroxylation is 1. The molecule has 2 aliphatic rings. The minimum Gasteiger partial charge on any atom is -0.480 e. The van der Waals surface area contributed by atoms with E-state index in [4.69, 9.17) is 14.0 Å². The molecule has 0 aliphatic carbocycles. The van der Waals surface area contributed by atoms with E-state index in [2.05, 4.69) is 16.2 Å². The monoisotopic (exact) mass is 357 g/mol. The summed E-state index contributed by atoms with van der Waals surface area (Å²) in [5.74, 6) is 1.69. The molecule has 138 valence electrons. The summed E-state index contributed by atoms with van der Waals surface area (Å²) in [6.07, 6.45) is 1.64. The number of morpholine rings is 1. The van der Waals surface area contributed by atoms with Crippen molar-refractivity contribution in [3.63, 3.8) is 0 Å². The Bertz CT molecular complexity index is 781. The summed E-state index contributed by atoms with van der Waals surface area (Å²) >= 11 is 0. The van der Waals surface area contributed by atoms with Crippen molar-refractivity contribution < 1.29 is 18.8 Å². The Hall–Kier alpha value is -2.41. The summed E-state index contributed by atoms with van der Waals surface area (Å²) in [7, 11) is 0. The molecule has 3 atom stereocenters. The van der Waals surface area contributed by atoms with Crippen molar-refractivity contribution in [1.29, 1.82) is 0 Å². The van der Waals surface area contributed by atoms with Gasteiger partial charge in [-0.3, -0.25) is 4.79 Å². The molecule has 1 amide bonds. The second-order valence-corrected chi connectivity index (χ2v) is 7.03. The predicted octanol–water partition coefficient (Wildman–Crippen LogP) is 2.31. The van der Waals surface area contributed by atoms with Crippen LogP contribution in [0.5, 0.6) is 5.75 Å². The van der Waals surface area contributed by atoms with Gasteiger partial charge in [0.05, 0.1) is 18.6 Å². The van der Waals surface area contributed by atoms with E-state index in [1.54, 1.807) is 0 Å². The summed E-state index contributed by atoms with van der Waals surface area (Å²) in [5, 5.41) is 3.98. The Morgan fingerprint density at radius 3 is 2.81 bits per heavy atom. The molecule has 0 spiro atoms. The maximum atomic E-state index is 12.5. The van der Waals surface area contributed by atoms with Gasteiger partial charge in [0.2, 0.25) is 5.91 Å². The van der Waals surface area contributed by atoms with Gasteiger partial charge < -0.3 is 18.9 Å². The maximum absolute atomic E-state index is 12.5. The minimum absolute atomic E-state index is 0.00532. The van der Waals surface area contributed by atoms with E-state index in [1.165, 1.54) is 5.56 Å². The van der Waals surface area contributed by atoms with Crippen LogP contribution < -0.4 is 4.74 Å². The zero-order valence-electron chi connectivity index (χ0n) is 15.1. The lowest BCUT2D eigenvalue weighted by molar-refractivity contribution is -0.142. The van der Waals surface area contributed by atoms with E-state index in [0.29, 0.717) is 24.8 Å². The summed E-state index contributed by atoms with van der Waals surface area (Å²) in [5.41, 5.74) is 1.19. The highest BCUT2D eigenvalue weighted by atomic mass is 16.5. The van der Waals surface area contributed by atoms with Crippen LogP contribution in [0.25, 0.3) is 0 Å². The molecule has 3 unspecified atom stereocenters. The van der Waals surface area contributed by atoms with Crippen molar-refractivity contribution in [2.45, 2.75) is 51.4 Å². The number of benzene rings is 1. The summed E-state index contributed by atoms with van der Waals surface area (Å²) in [6, 6.07) is 7.96. The number of fused-ring (bicyclic) bond motifs is 1. The molecule has 1 saturated heterocycles. The van der Waals surface area contributed by atoms with Gasteiger partial charge in [-0.2, -0.15) is 4.98 Å². The quantitative estimate of drug-likeness (QED) is 0.839. The molecule has 0 N–H and O–H groups in total. The molecule has 0 radical (unpaired) electrons. The number of rotatable bonds is 3. The second-order valence-electron chi connectivity index (χ2n) is 7.03. The van der Waals surface area contributed by atoms with Gasteiger partial charge in [0.25, 0.3) is 5.89 Å². The Morgan fingerprint density at radius 1 is 1.23 bits per heavy atom. The third-order valence-corrected chi connectivity index (χ3v) is 4.76. The Morgan fingerprint density at radius 2 is 2.00 bits per heavy atom. The van der Waals surface area contributed by atoms with Crippen LogP contribution in [0.3, 0.4) is 0 Å². The van der Waals surface area contributed by atoms with Crippen LogP contribution in [0.2, 0.25) is 0 Å². The fourth-order valence-electron chi connectivity index (χ4n) is 3.60. The first-order chi connectivity index (χ1) is 12.6. The molecule has 2 aliphatic heterocycles. The number of nitrogens with zero attached hydrogens (tertiary/aromatic N) is 3. The van der Waals surface area contributed by atoms with Crippen molar-refractivity contribution in [2.24, 2.45) is 0 Å². The first-order valence-electron chi connectivity index (χ1n) is 9.09. The average molecular weight is 357 g/mol.